The normalized spacial score (nSPS) is 37.5. The molecule has 3 aliphatic rings. The fraction of sp³-hybridized carbons (Fsp3) is 1.00. The van der Waals surface area contributed by atoms with Gasteiger partial charge in [-0.15, -0.1) is 0 Å². The summed E-state index contributed by atoms with van der Waals surface area (Å²) in [5.74, 6) is 0. The highest BCUT2D eigenvalue weighted by Crippen LogP contribution is 2.67. The van der Waals surface area contributed by atoms with E-state index in [1.807, 2.05) is 0 Å². The van der Waals surface area contributed by atoms with Crippen molar-refractivity contribution in [3.63, 3.8) is 0 Å². The molecular formula is C10H16IN. The van der Waals surface area contributed by atoms with Crippen LogP contribution in [0.3, 0.4) is 0 Å². The highest BCUT2D eigenvalue weighted by molar-refractivity contribution is 14.1. The van der Waals surface area contributed by atoms with Gasteiger partial charge in [0.15, 0.2) is 0 Å². The van der Waals surface area contributed by atoms with Gasteiger partial charge in [-0.1, -0.05) is 22.6 Å². The van der Waals surface area contributed by atoms with Gasteiger partial charge in [-0.2, -0.15) is 0 Å². The van der Waals surface area contributed by atoms with Gasteiger partial charge in [0.2, 0.25) is 0 Å². The standard InChI is InChI=1S/C10H16IN/c1-12-6-9(2-3-9)8(11)10(7-12)4-5-10/h8H,2-7H2,1H3. The van der Waals surface area contributed by atoms with E-state index in [1.165, 1.54) is 38.8 Å². The third-order valence-electron chi connectivity index (χ3n) is 4.03. The van der Waals surface area contributed by atoms with Crippen molar-refractivity contribution in [2.45, 2.75) is 29.6 Å². The lowest BCUT2D eigenvalue weighted by Crippen LogP contribution is -2.47. The van der Waals surface area contributed by atoms with Gasteiger partial charge in [0, 0.05) is 17.0 Å². The number of likely N-dealkylation sites (tertiary alicyclic amines) is 1. The van der Waals surface area contributed by atoms with E-state index in [4.69, 9.17) is 0 Å². The lowest BCUT2D eigenvalue weighted by Gasteiger charge is -2.41. The second kappa shape index (κ2) is 2.19. The summed E-state index contributed by atoms with van der Waals surface area (Å²) in [6.07, 6.45) is 6.03. The van der Waals surface area contributed by atoms with Crippen LogP contribution in [-0.2, 0) is 0 Å². The van der Waals surface area contributed by atoms with Gasteiger partial charge in [-0.25, -0.2) is 0 Å². The number of rotatable bonds is 0. The van der Waals surface area contributed by atoms with E-state index in [0.717, 1.165) is 14.8 Å². The Morgan fingerprint density at radius 1 is 1.08 bits per heavy atom. The van der Waals surface area contributed by atoms with Crippen molar-refractivity contribution in [2.24, 2.45) is 10.8 Å². The first-order valence-corrected chi connectivity index (χ1v) is 6.24. The van der Waals surface area contributed by atoms with Crippen molar-refractivity contribution < 1.29 is 0 Å². The van der Waals surface area contributed by atoms with Crippen molar-refractivity contribution in [1.82, 2.24) is 4.90 Å². The van der Waals surface area contributed by atoms with Gasteiger partial charge in [-0.3, -0.25) is 0 Å². The lowest BCUT2D eigenvalue weighted by molar-refractivity contribution is 0.138. The first kappa shape index (κ1) is 8.04. The van der Waals surface area contributed by atoms with Gasteiger partial charge >= 0.3 is 0 Å². The fourth-order valence-corrected chi connectivity index (χ4v) is 4.72. The van der Waals surface area contributed by atoms with Crippen LogP contribution in [0, 0.1) is 10.8 Å². The predicted molar refractivity (Wildman–Crippen MR) is 58.6 cm³/mol. The molecule has 1 heterocycles. The van der Waals surface area contributed by atoms with Crippen molar-refractivity contribution in [1.29, 1.82) is 0 Å². The molecule has 1 saturated heterocycles. The quantitative estimate of drug-likeness (QED) is 0.485. The van der Waals surface area contributed by atoms with Crippen molar-refractivity contribution in [3.8, 4) is 0 Å². The topological polar surface area (TPSA) is 3.24 Å². The Labute approximate surface area is 88.0 Å². The molecule has 0 aromatic carbocycles. The smallest absolute Gasteiger partial charge is 0.0247 e. The van der Waals surface area contributed by atoms with Gasteiger partial charge < -0.3 is 4.90 Å². The molecule has 68 valence electrons. The Morgan fingerprint density at radius 3 is 1.83 bits per heavy atom. The van der Waals surface area contributed by atoms with E-state index in [0.29, 0.717) is 0 Å². The van der Waals surface area contributed by atoms with Crippen LogP contribution in [0.2, 0.25) is 0 Å². The average Bonchev–Trinajstić information content (AvgIpc) is 2.85. The molecule has 1 aliphatic heterocycles. The molecule has 0 aromatic heterocycles. The minimum Gasteiger partial charge on any atom is -0.305 e. The van der Waals surface area contributed by atoms with Crippen LogP contribution in [0.1, 0.15) is 25.7 Å². The van der Waals surface area contributed by atoms with Gasteiger partial charge in [0.25, 0.3) is 0 Å². The summed E-state index contributed by atoms with van der Waals surface area (Å²) in [5.41, 5.74) is 1.54. The summed E-state index contributed by atoms with van der Waals surface area (Å²) in [6.45, 7) is 2.75. The van der Waals surface area contributed by atoms with E-state index in [9.17, 15) is 0 Å². The Balaban J connectivity index is 1.89. The van der Waals surface area contributed by atoms with Gasteiger partial charge in [0.05, 0.1) is 0 Å². The van der Waals surface area contributed by atoms with Crippen LogP contribution in [0.25, 0.3) is 0 Å². The van der Waals surface area contributed by atoms with E-state index >= 15 is 0 Å². The summed E-state index contributed by atoms with van der Waals surface area (Å²) >= 11 is 2.75. The zero-order chi connectivity index (χ0) is 8.40. The maximum atomic E-state index is 2.75. The second-order valence-electron chi connectivity index (χ2n) is 5.26. The number of hydrogen-bond acceptors (Lipinski definition) is 1. The highest BCUT2D eigenvalue weighted by Gasteiger charge is 2.64. The van der Waals surface area contributed by atoms with Crippen LogP contribution >= 0.6 is 22.6 Å². The number of alkyl halides is 1. The molecule has 12 heavy (non-hydrogen) atoms. The van der Waals surface area contributed by atoms with Gasteiger partial charge in [0.1, 0.15) is 0 Å². The molecule has 0 atom stereocenters. The molecule has 2 aliphatic carbocycles. The molecule has 0 radical (unpaired) electrons. The van der Waals surface area contributed by atoms with E-state index in [2.05, 4.69) is 34.5 Å². The zero-order valence-electron chi connectivity index (χ0n) is 7.65. The monoisotopic (exact) mass is 277 g/mol. The molecule has 3 rings (SSSR count). The second-order valence-corrected chi connectivity index (χ2v) is 6.51. The molecule has 0 N–H and O–H groups in total. The molecule has 2 heteroatoms. The molecular weight excluding hydrogens is 261 g/mol. The molecule has 0 aromatic rings. The Morgan fingerprint density at radius 2 is 1.50 bits per heavy atom. The number of halogens is 1. The third kappa shape index (κ3) is 0.939. The maximum absolute atomic E-state index is 2.75. The van der Waals surface area contributed by atoms with E-state index in [-0.39, 0.29) is 0 Å². The number of piperidine rings is 1. The summed E-state index contributed by atoms with van der Waals surface area (Å²) in [7, 11) is 2.31. The molecule has 3 fully saturated rings. The molecule has 1 nitrogen and oxygen atoms in total. The van der Waals surface area contributed by atoms with Crippen molar-refractivity contribution in [3.05, 3.63) is 0 Å². The Kier molecular flexibility index (Phi) is 1.47. The maximum Gasteiger partial charge on any atom is 0.0247 e. The lowest BCUT2D eigenvalue weighted by atomic mass is 9.84. The van der Waals surface area contributed by atoms with Crippen molar-refractivity contribution >= 4 is 22.6 Å². The van der Waals surface area contributed by atoms with Crippen LogP contribution in [0.4, 0.5) is 0 Å². The zero-order valence-corrected chi connectivity index (χ0v) is 9.80. The van der Waals surface area contributed by atoms with E-state index in [1.54, 1.807) is 0 Å². The van der Waals surface area contributed by atoms with Crippen LogP contribution < -0.4 is 0 Å². The van der Waals surface area contributed by atoms with Crippen LogP contribution in [-0.4, -0.2) is 29.0 Å². The molecule has 0 bridgehead atoms. The first-order valence-electron chi connectivity index (χ1n) is 5.00. The molecule has 0 unspecified atom stereocenters. The summed E-state index contributed by atoms with van der Waals surface area (Å²) in [4.78, 5) is 2.58. The van der Waals surface area contributed by atoms with Crippen molar-refractivity contribution in [2.75, 3.05) is 20.1 Å². The largest absolute Gasteiger partial charge is 0.305 e. The summed E-state index contributed by atoms with van der Waals surface area (Å²) in [5, 5.41) is 0. The average molecular weight is 277 g/mol. The number of nitrogens with zero attached hydrogens (tertiary/aromatic N) is 1. The minimum absolute atomic E-state index is 0.768. The molecule has 0 amide bonds. The summed E-state index contributed by atoms with van der Waals surface area (Å²) in [6, 6.07) is 0. The van der Waals surface area contributed by atoms with E-state index < -0.39 is 0 Å². The Bertz CT molecular complexity index is 196. The SMILES string of the molecule is CN1CC2(CC2)C(I)C2(CC2)C1. The van der Waals surface area contributed by atoms with Crippen LogP contribution in [0.15, 0.2) is 0 Å². The minimum atomic E-state index is 0.768. The number of hydrogen-bond donors (Lipinski definition) is 0. The predicted octanol–water partition coefficient (Wildman–Crippen LogP) is 2.30. The fourth-order valence-electron chi connectivity index (χ4n) is 3.09. The third-order valence-corrected chi connectivity index (χ3v) is 6.67. The Hall–Kier alpha value is 0.690. The molecule has 2 spiro atoms. The molecule has 2 saturated carbocycles. The highest BCUT2D eigenvalue weighted by atomic mass is 127. The first-order chi connectivity index (χ1) is 5.67. The van der Waals surface area contributed by atoms with Gasteiger partial charge in [-0.05, 0) is 43.6 Å². The van der Waals surface area contributed by atoms with Crippen LogP contribution in [0.5, 0.6) is 0 Å². The summed E-state index contributed by atoms with van der Waals surface area (Å²) < 4.78 is 0.999.